The van der Waals surface area contributed by atoms with Crippen molar-refractivity contribution >= 4 is 11.7 Å². The SMILES string of the molecule is COc1ccc([C@H]2C[C@@H](C(F)(F)F)n3ncc(C(=O)N4CCc5ccccc5C4)c3N2)cc1OC. The number of nitrogens with one attached hydrogen (secondary N) is 1. The van der Waals surface area contributed by atoms with Gasteiger partial charge >= 0.3 is 6.18 Å². The van der Waals surface area contributed by atoms with Crippen LogP contribution in [-0.2, 0) is 13.0 Å². The lowest BCUT2D eigenvalue weighted by Crippen LogP contribution is -2.38. The van der Waals surface area contributed by atoms with Gasteiger partial charge < -0.3 is 19.7 Å². The van der Waals surface area contributed by atoms with Crippen LogP contribution in [0.5, 0.6) is 11.5 Å². The second-order valence-corrected chi connectivity index (χ2v) is 8.70. The number of rotatable bonds is 4. The number of anilines is 1. The number of hydrogen-bond donors (Lipinski definition) is 1. The number of carbonyl (C=O) groups is 1. The molecule has 2 aliphatic heterocycles. The zero-order valence-corrected chi connectivity index (χ0v) is 19.3. The van der Waals surface area contributed by atoms with Gasteiger partial charge in [0.2, 0.25) is 0 Å². The quantitative estimate of drug-likeness (QED) is 0.576. The minimum atomic E-state index is -4.54. The molecule has 0 saturated heterocycles. The molecule has 35 heavy (non-hydrogen) atoms. The van der Waals surface area contributed by atoms with Crippen molar-refractivity contribution in [3.8, 4) is 11.5 Å². The Bertz CT molecular complexity index is 1260. The van der Waals surface area contributed by atoms with Gasteiger partial charge in [-0.15, -0.1) is 0 Å². The van der Waals surface area contributed by atoms with Gasteiger partial charge in [0.05, 0.1) is 26.5 Å². The maximum Gasteiger partial charge on any atom is 0.410 e. The lowest BCUT2D eigenvalue weighted by atomic mass is 9.96. The number of fused-ring (bicyclic) bond motifs is 2. The molecule has 0 saturated carbocycles. The van der Waals surface area contributed by atoms with Crippen molar-refractivity contribution in [1.29, 1.82) is 0 Å². The number of aromatic nitrogens is 2. The van der Waals surface area contributed by atoms with E-state index in [4.69, 9.17) is 9.47 Å². The van der Waals surface area contributed by atoms with Crippen molar-refractivity contribution in [2.75, 3.05) is 26.1 Å². The maximum absolute atomic E-state index is 14.1. The van der Waals surface area contributed by atoms with E-state index in [2.05, 4.69) is 10.4 Å². The zero-order valence-electron chi connectivity index (χ0n) is 19.3. The predicted octanol–water partition coefficient (Wildman–Crippen LogP) is 4.76. The van der Waals surface area contributed by atoms with Crippen LogP contribution in [0, 0.1) is 0 Å². The van der Waals surface area contributed by atoms with Gasteiger partial charge in [-0.3, -0.25) is 4.79 Å². The molecule has 3 heterocycles. The highest BCUT2D eigenvalue weighted by atomic mass is 19.4. The van der Waals surface area contributed by atoms with E-state index in [9.17, 15) is 18.0 Å². The highest BCUT2D eigenvalue weighted by molar-refractivity contribution is 5.99. The molecule has 3 aromatic rings. The summed E-state index contributed by atoms with van der Waals surface area (Å²) in [5.41, 5.74) is 2.94. The van der Waals surface area contributed by atoms with Crippen LogP contribution in [-0.4, -0.2) is 47.5 Å². The highest BCUT2D eigenvalue weighted by Crippen LogP contribution is 2.45. The molecule has 0 bridgehead atoms. The Morgan fingerprint density at radius 2 is 1.83 bits per heavy atom. The van der Waals surface area contributed by atoms with Crippen molar-refractivity contribution in [2.45, 2.75) is 37.6 Å². The molecule has 2 atom stereocenters. The number of carbonyl (C=O) groups excluding carboxylic acids is 1. The number of amides is 1. The third-order valence-corrected chi connectivity index (χ3v) is 6.70. The maximum atomic E-state index is 14.1. The minimum absolute atomic E-state index is 0.0715. The Balaban J connectivity index is 1.49. The van der Waals surface area contributed by atoms with Crippen molar-refractivity contribution in [3.05, 3.63) is 70.9 Å². The third kappa shape index (κ3) is 4.17. The first-order chi connectivity index (χ1) is 16.8. The Morgan fingerprint density at radius 1 is 1.09 bits per heavy atom. The highest BCUT2D eigenvalue weighted by Gasteiger charge is 2.47. The van der Waals surface area contributed by atoms with Crippen molar-refractivity contribution in [3.63, 3.8) is 0 Å². The smallest absolute Gasteiger partial charge is 0.410 e. The van der Waals surface area contributed by atoms with E-state index in [0.717, 1.165) is 10.2 Å². The van der Waals surface area contributed by atoms with E-state index in [0.29, 0.717) is 36.6 Å². The van der Waals surface area contributed by atoms with E-state index in [-0.39, 0.29) is 23.7 Å². The molecule has 0 aliphatic carbocycles. The lowest BCUT2D eigenvalue weighted by Gasteiger charge is -2.35. The van der Waals surface area contributed by atoms with Gasteiger partial charge in [0.1, 0.15) is 11.4 Å². The van der Waals surface area contributed by atoms with Crippen LogP contribution in [0.3, 0.4) is 0 Å². The largest absolute Gasteiger partial charge is 0.493 e. The first kappa shape index (κ1) is 23.1. The van der Waals surface area contributed by atoms with Gasteiger partial charge in [0.15, 0.2) is 17.5 Å². The fourth-order valence-electron chi connectivity index (χ4n) is 4.85. The molecule has 0 fully saturated rings. The molecular weight excluding hydrogens is 461 g/mol. The second kappa shape index (κ2) is 8.83. The first-order valence-corrected chi connectivity index (χ1v) is 11.3. The fourth-order valence-corrected chi connectivity index (χ4v) is 4.85. The molecule has 0 unspecified atom stereocenters. The summed E-state index contributed by atoms with van der Waals surface area (Å²) in [5.74, 6) is 0.618. The predicted molar refractivity (Wildman–Crippen MR) is 123 cm³/mol. The van der Waals surface area contributed by atoms with Crippen LogP contribution in [0.15, 0.2) is 48.7 Å². The number of benzene rings is 2. The normalized spacial score (nSPS) is 19.4. The molecule has 2 aromatic carbocycles. The van der Waals surface area contributed by atoms with Crippen molar-refractivity contribution in [2.24, 2.45) is 0 Å². The van der Waals surface area contributed by atoms with Gasteiger partial charge in [0, 0.05) is 19.5 Å². The van der Waals surface area contributed by atoms with Crippen LogP contribution in [0.25, 0.3) is 0 Å². The Hall–Kier alpha value is -3.69. The van der Waals surface area contributed by atoms with E-state index in [1.165, 1.54) is 26.0 Å². The standard InChI is InChI=1S/C25H25F3N4O3/c1-34-20-8-7-16(11-21(20)35-2)19-12-22(25(26,27)28)32-23(30-19)18(13-29-32)24(33)31-10-9-15-5-3-4-6-17(15)14-31/h3-8,11,13,19,22,30H,9-10,12,14H2,1-2H3/t19-,22+/m1/s1. The first-order valence-electron chi connectivity index (χ1n) is 11.3. The summed E-state index contributed by atoms with van der Waals surface area (Å²) >= 11 is 0. The van der Waals surface area contributed by atoms with Crippen molar-refractivity contribution in [1.82, 2.24) is 14.7 Å². The van der Waals surface area contributed by atoms with Crippen LogP contribution in [0.4, 0.5) is 19.0 Å². The van der Waals surface area contributed by atoms with Gasteiger partial charge in [-0.2, -0.15) is 18.3 Å². The molecule has 10 heteroatoms. The molecule has 0 spiro atoms. The Kier molecular flexibility index (Phi) is 5.82. The third-order valence-electron chi connectivity index (χ3n) is 6.70. The van der Waals surface area contributed by atoms with E-state index >= 15 is 0 Å². The second-order valence-electron chi connectivity index (χ2n) is 8.70. The average molecular weight is 486 g/mol. The summed E-state index contributed by atoms with van der Waals surface area (Å²) in [6.45, 7) is 0.893. The molecule has 1 N–H and O–H groups in total. The van der Waals surface area contributed by atoms with Crippen LogP contribution < -0.4 is 14.8 Å². The fraction of sp³-hybridized carbons (Fsp3) is 0.360. The van der Waals surface area contributed by atoms with Crippen LogP contribution >= 0.6 is 0 Å². The number of methoxy groups -OCH3 is 2. The molecule has 1 amide bonds. The van der Waals surface area contributed by atoms with Crippen LogP contribution in [0.2, 0.25) is 0 Å². The van der Waals surface area contributed by atoms with Gasteiger partial charge in [-0.1, -0.05) is 30.3 Å². The molecule has 184 valence electrons. The number of nitrogens with zero attached hydrogens (tertiary/aromatic N) is 3. The monoisotopic (exact) mass is 486 g/mol. The molecule has 5 rings (SSSR count). The summed E-state index contributed by atoms with van der Waals surface area (Å²) in [6, 6.07) is 10.3. The summed E-state index contributed by atoms with van der Waals surface area (Å²) in [4.78, 5) is 15.1. The van der Waals surface area contributed by atoms with Crippen LogP contribution in [0.1, 0.15) is 45.6 Å². The molecule has 1 aromatic heterocycles. The average Bonchev–Trinajstić information content (AvgIpc) is 3.30. The van der Waals surface area contributed by atoms with Gasteiger partial charge in [-0.05, 0) is 35.2 Å². The number of alkyl halides is 3. The number of ether oxygens (including phenoxy) is 2. The molecular formula is C25H25F3N4O3. The number of halogens is 3. The molecule has 0 radical (unpaired) electrons. The van der Waals surface area contributed by atoms with E-state index < -0.39 is 18.3 Å². The van der Waals surface area contributed by atoms with E-state index in [1.54, 1.807) is 23.1 Å². The molecule has 2 aliphatic rings. The molecule has 7 nitrogen and oxygen atoms in total. The van der Waals surface area contributed by atoms with Gasteiger partial charge in [0.25, 0.3) is 5.91 Å². The summed E-state index contributed by atoms with van der Waals surface area (Å²) < 4.78 is 53.7. The number of hydrogen-bond acceptors (Lipinski definition) is 5. The Labute approximate surface area is 200 Å². The summed E-state index contributed by atoms with van der Waals surface area (Å²) in [6.07, 6.45) is -2.89. The zero-order chi connectivity index (χ0) is 24.7. The lowest BCUT2D eigenvalue weighted by molar-refractivity contribution is -0.173. The summed E-state index contributed by atoms with van der Waals surface area (Å²) in [5, 5.41) is 7.14. The topological polar surface area (TPSA) is 68.6 Å². The Morgan fingerprint density at radius 3 is 2.54 bits per heavy atom. The van der Waals surface area contributed by atoms with Crippen molar-refractivity contribution < 1.29 is 27.4 Å². The summed E-state index contributed by atoms with van der Waals surface area (Å²) in [7, 11) is 2.96. The minimum Gasteiger partial charge on any atom is -0.493 e. The van der Waals surface area contributed by atoms with E-state index in [1.807, 2.05) is 24.3 Å². The van der Waals surface area contributed by atoms with Gasteiger partial charge in [-0.25, -0.2) is 4.68 Å².